The monoisotopic (exact) mass is 205 g/mol. The summed E-state index contributed by atoms with van der Waals surface area (Å²) in [5.41, 5.74) is 5.80. The standard InChI is InChI=1S/C10H11N3O2/c1-6-8(9(11)14)13-10(15-6)7-4-2-3-5-12-7/h2-6,8H,1H3,(H2,11,14)/t6-,8+/m1/s1. The van der Waals surface area contributed by atoms with Gasteiger partial charge in [0.2, 0.25) is 11.8 Å². The molecule has 0 aliphatic carbocycles. The van der Waals surface area contributed by atoms with Gasteiger partial charge in [0.15, 0.2) is 6.04 Å². The fourth-order valence-electron chi connectivity index (χ4n) is 1.41. The van der Waals surface area contributed by atoms with Gasteiger partial charge < -0.3 is 10.5 Å². The van der Waals surface area contributed by atoms with Crippen LogP contribution in [0.5, 0.6) is 0 Å². The lowest BCUT2D eigenvalue weighted by atomic mass is 10.2. The number of aromatic nitrogens is 1. The number of ether oxygens (including phenoxy) is 1. The van der Waals surface area contributed by atoms with Crippen molar-refractivity contribution in [2.24, 2.45) is 10.7 Å². The number of aliphatic imine (C=N–C) groups is 1. The predicted octanol–water partition coefficient (Wildman–Crippen LogP) is 0.101. The smallest absolute Gasteiger partial charge is 0.246 e. The summed E-state index contributed by atoms with van der Waals surface area (Å²) in [5.74, 6) is -0.0969. The van der Waals surface area contributed by atoms with Gasteiger partial charge in [0.05, 0.1) is 0 Å². The van der Waals surface area contributed by atoms with Crippen LogP contribution in [0.25, 0.3) is 0 Å². The number of pyridine rings is 1. The summed E-state index contributed by atoms with van der Waals surface area (Å²) in [7, 11) is 0. The summed E-state index contributed by atoms with van der Waals surface area (Å²) in [6.07, 6.45) is 1.32. The third kappa shape index (κ3) is 1.81. The minimum absolute atomic E-state index is 0.320. The molecule has 0 unspecified atom stereocenters. The van der Waals surface area contributed by atoms with Crippen molar-refractivity contribution in [3.05, 3.63) is 30.1 Å². The Balaban J connectivity index is 2.27. The van der Waals surface area contributed by atoms with Gasteiger partial charge in [0.1, 0.15) is 11.8 Å². The Hall–Kier alpha value is -1.91. The zero-order valence-electron chi connectivity index (χ0n) is 8.25. The van der Waals surface area contributed by atoms with Gasteiger partial charge >= 0.3 is 0 Å². The molecule has 2 rings (SSSR count). The Morgan fingerprint density at radius 1 is 1.53 bits per heavy atom. The maximum Gasteiger partial charge on any atom is 0.246 e. The highest BCUT2D eigenvalue weighted by Crippen LogP contribution is 2.16. The number of hydrogen-bond donors (Lipinski definition) is 1. The molecule has 0 aromatic carbocycles. The summed E-state index contributed by atoms with van der Waals surface area (Å²) in [4.78, 5) is 19.2. The van der Waals surface area contributed by atoms with Crippen molar-refractivity contribution in [3.8, 4) is 0 Å². The molecule has 5 heteroatoms. The first-order valence-corrected chi connectivity index (χ1v) is 4.63. The molecule has 1 aromatic rings. The Morgan fingerprint density at radius 2 is 2.33 bits per heavy atom. The molecule has 0 radical (unpaired) electrons. The molecule has 1 amide bonds. The molecule has 0 fully saturated rings. The molecule has 1 aliphatic heterocycles. The van der Waals surface area contributed by atoms with E-state index < -0.39 is 11.9 Å². The summed E-state index contributed by atoms with van der Waals surface area (Å²) in [5, 5.41) is 0. The lowest BCUT2D eigenvalue weighted by molar-refractivity contribution is -0.120. The fourth-order valence-corrected chi connectivity index (χ4v) is 1.41. The molecule has 78 valence electrons. The van der Waals surface area contributed by atoms with Crippen molar-refractivity contribution in [2.45, 2.75) is 19.1 Å². The second kappa shape index (κ2) is 3.68. The summed E-state index contributed by atoms with van der Waals surface area (Å²) < 4.78 is 5.41. The Kier molecular flexibility index (Phi) is 2.37. The van der Waals surface area contributed by atoms with Crippen molar-refractivity contribution < 1.29 is 9.53 Å². The van der Waals surface area contributed by atoms with Gasteiger partial charge in [-0.1, -0.05) is 6.07 Å². The first-order valence-electron chi connectivity index (χ1n) is 4.63. The molecular formula is C10H11N3O2. The van der Waals surface area contributed by atoms with Crippen LogP contribution in [0.1, 0.15) is 12.6 Å². The van der Waals surface area contributed by atoms with E-state index in [0.29, 0.717) is 11.6 Å². The Labute approximate surface area is 87.0 Å². The quantitative estimate of drug-likeness (QED) is 0.743. The molecule has 1 aliphatic rings. The maximum atomic E-state index is 11.0. The minimum atomic E-state index is -0.609. The third-order valence-corrected chi connectivity index (χ3v) is 2.17. The van der Waals surface area contributed by atoms with Gasteiger partial charge in [-0.15, -0.1) is 0 Å². The van der Waals surface area contributed by atoms with E-state index in [1.807, 2.05) is 6.07 Å². The fraction of sp³-hybridized carbons (Fsp3) is 0.300. The first-order chi connectivity index (χ1) is 7.18. The second-order valence-electron chi connectivity index (χ2n) is 3.32. The second-order valence-corrected chi connectivity index (χ2v) is 3.32. The van der Waals surface area contributed by atoms with Crippen LogP contribution in [-0.4, -0.2) is 28.9 Å². The summed E-state index contributed by atoms with van der Waals surface area (Å²) in [6, 6.07) is 4.79. The van der Waals surface area contributed by atoms with Gasteiger partial charge in [0.25, 0.3) is 0 Å². The van der Waals surface area contributed by atoms with Gasteiger partial charge in [-0.05, 0) is 19.1 Å². The molecule has 2 heterocycles. The highest BCUT2D eigenvalue weighted by atomic mass is 16.5. The Morgan fingerprint density at radius 3 is 2.87 bits per heavy atom. The van der Waals surface area contributed by atoms with Crippen LogP contribution in [-0.2, 0) is 9.53 Å². The number of amides is 1. The largest absolute Gasteiger partial charge is 0.470 e. The highest BCUT2D eigenvalue weighted by molar-refractivity contribution is 5.97. The number of primary amides is 1. The highest BCUT2D eigenvalue weighted by Gasteiger charge is 2.32. The third-order valence-electron chi connectivity index (χ3n) is 2.17. The van der Waals surface area contributed by atoms with Crippen LogP contribution < -0.4 is 5.73 Å². The van der Waals surface area contributed by atoms with E-state index in [1.54, 1.807) is 25.3 Å². The van der Waals surface area contributed by atoms with Crippen LogP contribution in [0.3, 0.4) is 0 Å². The topological polar surface area (TPSA) is 77.6 Å². The molecule has 0 spiro atoms. The summed E-state index contributed by atoms with van der Waals surface area (Å²) >= 11 is 0. The number of nitrogens with two attached hydrogens (primary N) is 1. The van der Waals surface area contributed by atoms with Gasteiger partial charge in [-0.3, -0.25) is 9.78 Å². The number of nitrogens with zero attached hydrogens (tertiary/aromatic N) is 2. The van der Waals surface area contributed by atoms with Gasteiger partial charge in [0, 0.05) is 6.20 Å². The number of rotatable bonds is 2. The maximum absolute atomic E-state index is 11.0. The van der Waals surface area contributed by atoms with E-state index >= 15 is 0 Å². The zero-order valence-corrected chi connectivity index (χ0v) is 8.25. The van der Waals surface area contributed by atoms with Crippen LogP contribution in [0.15, 0.2) is 29.4 Å². The molecule has 0 saturated heterocycles. The predicted molar refractivity (Wildman–Crippen MR) is 54.3 cm³/mol. The molecule has 0 bridgehead atoms. The van der Waals surface area contributed by atoms with Crippen LogP contribution in [0.4, 0.5) is 0 Å². The van der Waals surface area contributed by atoms with E-state index in [9.17, 15) is 4.79 Å². The molecule has 15 heavy (non-hydrogen) atoms. The van der Waals surface area contributed by atoms with Crippen molar-refractivity contribution in [1.29, 1.82) is 0 Å². The lowest BCUT2D eigenvalue weighted by Crippen LogP contribution is -2.33. The SMILES string of the molecule is C[C@H]1OC(c2ccccn2)=N[C@@H]1C(N)=O. The van der Waals surface area contributed by atoms with Crippen molar-refractivity contribution in [2.75, 3.05) is 0 Å². The van der Waals surface area contributed by atoms with E-state index in [2.05, 4.69) is 9.98 Å². The van der Waals surface area contributed by atoms with Crippen LogP contribution >= 0.6 is 0 Å². The van der Waals surface area contributed by atoms with E-state index in [4.69, 9.17) is 10.5 Å². The molecule has 5 nitrogen and oxygen atoms in total. The number of carbonyl (C=O) groups is 1. The van der Waals surface area contributed by atoms with E-state index in [0.717, 1.165) is 0 Å². The van der Waals surface area contributed by atoms with Crippen LogP contribution in [0.2, 0.25) is 0 Å². The molecule has 1 aromatic heterocycles. The number of hydrogen-bond acceptors (Lipinski definition) is 4. The minimum Gasteiger partial charge on any atom is -0.470 e. The average molecular weight is 205 g/mol. The van der Waals surface area contributed by atoms with E-state index in [1.165, 1.54) is 0 Å². The average Bonchev–Trinajstić information content (AvgIpc) is 2.62. The van der Waals surface area contributed by atoms with Crippen molar-refractivity contribution >= 4 is 11.8 Å². The molecule has 2 N–H and O–H groups in total. The zero-order chi connectivity index (χ0) is 10.8. The van der Waals surface area contributed by atoms with Crippen molar-refractivity contribution in [1.82, 2.24) is 4.98 Å². The molecular weight excluding hydrogens is 194 g/mol. The first kappa shape index (κ1) is 9.64. The van der Waals surface area contributed by atoms with Crippen LogP contribution in [0, 0.1) is 0 Å². The van der Waals surface area contributed by atoms with E-state index in [-0.39, 0.29) is 6.10 Å². The number of carbonyl (C=O) groups excluding carboxylic acids is 1. The normalized spacial score (nSPS) is 24.5. The molecule has 0 saturated carbocycles. The van der Waals surface area contributed by atoms with Gasteiger partial charge in [-0.2, -0.15) is 0 Å². The Bertz CT molecular complexity index is 402. The molecule has 2 atom stereocenters. The van der Waals surface area contributed by atoms with Gasteiger partial charge in [-0.25, -0.2) is 4.99 Å². The van der Waals surface area contributed by atoms with Crippen molar-refractivity contribution in [3.63, 3.8) is 0 Å². The summed E-state index contributed by atoms with van der Waals surface area (Å²) in [6.45, 7) is 1.76. The lowest BCUT2D eigenvalue weighted by Gasteiger charge is -2.08.